The van der Waals surface area contributed by atoms with E-state index >= 15 is 0 Å². The molecule has 0 aromatic carbocycles. The normalized spacial score (nSPS) is 10.2. The second-order valence-corrected chi connectivity index (χ2v) is 1.97. The summed E-state index contributed by atoms with van der Waals surface area (Å²) in [6, 6.07) is 0. The molecule has 0 aliphatic heterocycles. The third-order valence-corrected chi connectivity index (χ3v) is 1.15. The van der Waals surface area contributed by atoms with Crippen molar-refractivity contribution in [2.24, 2.45) is 0 Å². The highest BCUT2D eigenvalue weighted by Crippen LogP contribution is 1.86. The molecule has 0 aliphatic carbocycles. The van der Waals surface area contributed by atoms with Crippen LogP contribution in [0.2, 0.25) is 0 Å². The predicted octanol–water partition coefficient (Wildman–Crippen LogP) is 1.50. The maximum atomic E-state index is 10.6. The minimum atomic E-state index is 0.00167. The molecule has 2 nitrogen and oxygen atoms in total. The van der Waals surface area contributed by atoms with Gasteiger partial charge in [-0.15, -0.1) is 0 Å². The molecule has 0 N–H and O–H groups in total. The summed E-state index contributed by atoms with van der Waals surface area (Å²) in [7, 11) is 0. The van der Waals surface area contributed by atoms with Gasteiger partial charge in [0.15, 0.2) is 11.6 Å². The molecule has 0 saturated heterocycles. The summed E-state index contributed by atoms with van der Waals surface area (Å²) in [5.41, 5.74) is 0. The highest BCUT2D eigenvalue weighted by atomic mass is 16.1. The molecule has 2 heteroatoms. The molecule has 0 amide bonds. The molecule has 0 radical (unpaired) electrons. The van der Waals surface area contributed by atoms with Crippen molar-refractivity contribution in [1.82, 2.24) is 0 Å². The summed E-state index contributed by atoms with van der Waals surface area (Å²) in [6.07, 6.45) is 3.61. The van der Waals surface area contributed by atoms with Crippen LogP contribution < -0.4 is 0 Å². The van der Waals surface area contributed by atoms with Crippen LogP contribution >= 0.6 is 0 Å². The zero-order valence-electron chi connectivity index (χ0n) is 6.39. The number of allylic oxidation sites excluding steroid dienone is 2. The van der Waals surface area contributed by atoms with Crippen LogP contribution in [0.4, 0.5) is 0 Å². The standard InChI is InChI=1S/C8H12O2/c1-3-7(9)5-6-8(10)4-2/h5-6H,3-4H2,1-2H3/b6-5-. The second-order valence-electron chi connectivity index (χ2n) is 1.97. The smallest absolute Gasteiger partial charge is 0.155 e. The zero-order chi connectivity index (χ0) is 7.98. The number of hydrogen-bond donors (Lipinski definition) is 0. The van der Waals surface area contributed by atoms with Crippen molar-refractivity contribution < 1.29 is 9.59 Å². The van der Waals surface area contributed by atoms with Gasteiger partial charge in [0.05, 0.1) is 0 Å². The Balaban J connectivity index is 3.75. The van der Waals surface area contributed by atoms with Crippen LogP contribution in [0.5, 0.6) is 0 Å². The highest BCUT2D eigenvalue weighted by Gasteiger charge is 1.92. The molecule has 0 saturated carbocycles. The molecule has 0 rings (SSSR count). The fourth-order valence-electron chi connectivity index (χ4n) is 0.422. The number of carbonyl (C=O) groups excluding carboxylic acids is 2. The minimum Gasteiger partial charge on any atom is -0.295 e. The molecule has 10 heavy (non-hydrogen) atoms. The summed E-state index contributed by atoms with van der Waals surface area (Å²) in [6.45, 7) is 3.53. The molecule has 0 bridgehead atoms. The van der Waals surface area contributed by atoms with E-state index in [2.05, 4.69) is 0 Å². The van der Waals surface area contributed by atoms with Crippen molar-refractivity contribution in [2.45, 2.75) is 26.7 Å². The lowest BCUT2D eigenvalue weighted by Crippen LogP contribution is -1.92. The molecule has 0 spiro atoms. The Morgan fingerprint density at radius 2 is 1.30 bits per heavy atom. The van der Waals surface area contributed by atoms with Gasteiger partial charge >= 0.3 is 0 Å². The van der Waals surface area contributed by atoms with Gasteiger partial charge < -0.3 is 0 Å². The fourth-order valence-corrected chi connectivity index (χ4v) is 0.422. The Morgan fingerprint density at radius 1 is 1.00 bits per heavy atom. The van der Waals surface area contributed by atoms with Gasteiger partial charge in [0.25, 0.3) is 0 Å². The Kier molecular flexibility index (Phi) is 4.46. The van der Waals surface area contributed by atoms with E-state index in [4.69, 9.17) is 0 Å². The van der Waals surface area contributed by atoms with Crippen molar-refractivity contribution in [3.05, 3.63) is 12.2 Å². The molecular formula is C8H12O2. The number of hydrogen-bond acceptors (Lipinski definition) is 2. The topological polar surface area (TPSA) is 34.1 Å². The third-order valence-electron chi connectivity index (χ3n) is 1.15. The van der Waals surface area contributed by atoms with E-state index in [9.17, 15) is 9.59 Å². The first-order valence-corrected chi connectivity index (χ1v) is 3.44. The molecule has 0 aliphatic rings. The average Bonchev–Trinajstić information content (AvgIpc) is 1.99. The quantitative estimate of drug-likeness (QED) is 0.554. The van der Waals surface area contributed by atoms with Gasteiger partial charge in [-0.25, -0.2) is 0 Å². The largest absolute Gasteiger partial charge is 0.295 e. The second kappa shape index (κ2) is 4.91. The van der Waals surface area contributed by atoms with E-state index in [0.29, 0.717) is 12.8 Å². The van der Waals surface area contributed by atoms with Crippen molar-refractivity contribution in [2.75, 3.05) is 0 Å². The van der Waals surface area contributed by atoms with Gasteiger partial charge in [-0.1, -0.05) is 13.8 Å². The van der Waals surface area contributed by atoms with Crippen LogP contribution in [0.15, 0.2) is 12.2 Å². The van der Waals surface area contributed by atoms with Crippen LogP contribution in [0.1, 0.15) is 26.7 Å². The fraction of sp³-hybridized carbons (Fsp3) is 0.500. The highest BCUT2D eigenvalue weighted by molar-refractivity contribution is 5.98. The first kappa shape index (κ1) is 9.08. The Bertz CT molecular complexity index is 139. The lowest BCUT2D eigenvalue weighted by atomic mass is 10.2. The predicted molar refractivity (Wildman–Crippen MR) is 39.7 cm³/mol. The molecule has 0 aromatic heterocycles. The van der Waals surface area contributed by atoms with E-state index in [1.807, 2.05) is 0 Å². The van der Waals surface area contributed by atoms with Crippen molar-refractivity contribution in [1.29, 1.82) is 0 Å². The molecule has 56 valence electrons. The van der Waals surface area contributed by atoms with E-state index in [-0.39, 0.29) is 11.6 Å². The van der Waals surface area contributed by atoms with Gasteiger partial charge in [0, 0.05) is 12.8 Å². The first-order valence-electron chi connectivity index (χ1n) is 3.44. The van der Waals surface area contributed by atoms with Gasteiger partial charge in [0.2, 0.25) is 0 Å². The summed E-state index contributed by atoms with van der Waals surface area (Å²) >= 11 is 0. The van der Waals surface area contributed by atoms with Gasteiger partial charge in [-0.05, 0) is 12.2 Å². The van der Waals surface area contributed by atoms with E-state index in [0.717, 1.165) is 0 Å². The van der Waals surface area contributed by atoms with E-state index in [1.165, 1.54) is 12.2 Å². The Morgan fingerprint density at radius 3 is 1.50 bits per heavy atom. The third kappa shape index (κ3) is 4.01. The number of rotatable bonds is 4. The van der Waals surface area contributed by atoms with Crippen LogP contribution in [0, 0.1) is 0 Å². The summed E-state index contributed by atoms with van der Waals surface area (Å²) in [5.74, 6) is 0.00333. The lowest BCUT2D eigenvalue weighted by Gasteiger charge is -1.84. The van der Waals surface area contributed by atoms with Crippen molar-refractivity contribution in [3.8, 4) is 0 Å². The molecule has 0 atom stereocenters. The summed E-state index contributed by atoms with van der Waals surface area (Å²) in [4.78, 5) is 21.2. The average molecular weight is 140 g/mol. The lowest BCUT2D eigenvalue weighted by molar-refractivity contribution is -0.116. The van der Waals surface area contributed by atoms with E-state index in [1.54, 1.807) is 13.8 Å². The van der Waals surface area contributed by atoms with Crippen LogP contribution in [-0.4, -0.2) is 11.6 Å². The summed E-state index contributed by atoms with van der Waals surface area (Å²) in [5, 5.41) is 0. The van der Waals surface area contributed by atoms with Gasteiger partial charge in [-0.3, -0.25) is 9.59 Å². The van der Waals surface area contributed by atoms with Crippen LogP contribution in [-0.2, 0) is 9.59 Å². The number of carbonyl (C=O) groups is 2. The van der Waals surface area contributed by atoms with Crippen LogP contribution in [0.25, 0.3) is 0 Å². The zero-order valence-corrected chi connectivity index (χ0v) is 6.39. The maximum absolute atomic E-state index is 10.6. The van der Waals surface area contributed by atoms with E-state index < -0.39 is 0 Å². The molecule has 0 aromatic rings. The van der Waals surface area contributed by atoms with Crippen LogP contribution in [0.3, 0.4) is 0 Å². The Labute approximate surface area is 60.9 Å². The minimum absolute atomic E-state index is 0.00167. The molecular weight excluding hydrogens is 128 g/mol. The summed E-state index contributed by atoms with van der Waals surface area (Å²) < 4.78 is 0. The monoisotopic (exact) mass is 140 g/mol. The van der Waals surface area contributed by atoms with Crippen molar-refractivity contribution >= 4 is 11.6 Å². The Hall–Kier alpha value is -0.920. The first-order chi connectivity index (χ1) is 4.70. The van der Waals surface area contributed by atoms with Gasteiger partial charge in [0.1, 0.15) is 0 Å². The SMILES string of the molecule is CCC(=O)/C=C\C(=O)CC. The molecule has 0 heterocycles. The van der Waals surface area contributed by atoms with Crippen molar-refractivity contribution in [3.63, 3.8) is 0 Å². The molecule has 0 fully saturated rings. The maximum Gasteiger partial charge on any atom is 0.155 e. The molecule has 0 unspecified atom stereocenters. The van der Waals surface area contributed by atoms with Gasteiger partial charge in [-0.2, -0.15) is 0 Å². The number of ketones is 2.